The number of fused-ring (bicyclic) bond motifs is 1. The minimum atomic E-state index is 0.401. The smallest absolute Gasteiger partial charge is 0.178 e. The fraction of sp³-hybridized carbons (Fsp3) is 0.533. The summed E-state index contributed by atoms with van der Waals surface area (Å²) in [7, 11) is 0. The second kappa shape index (κ2) is 6.10. The zero-order valence-electron chi connectivity index (χ0n) is 11.7. The summed E-state index contributed by atoms with van der Waals surface area (Å²) in [4.78, 5) is 3.22. The number of halogens is 1. The first-order valence-corrected chi connectivity index (χ1v) is 7.68. The molecule has 104 valence electrons. The predicted molar refractivity (Wildman–Crippen MR) is 85.5 cm³/mol. The van der Waals surface area contributed by atoms with E-state index in [1.807, 2.05) is 12.1 Å². The van der Waals surface area contributed by atoms with E-state index in [0.717, 1.165) is 33.2 Å². The maximum Gasteiger partial charge on any atom is 0.178 e. The average Bonchev–Trinajstić information content (AvgIpc) is 2.66. The van der Waals surface area contributed by atoms with E-state index in [0.29, 0.717) is 6.04 Å². The van der Waals surface area contributed by atoms with Crippen LogP contribution in [-0.4, -0.2) is 9.55 Å². The second-order valence-electron chi connectivity index (χ2n) is 5.61. The van der Waals surface area contributed by atoms with E-state index in [9.17, 15) is 0 Å². The highest BCUT2D eigenvalue weighted by Crippen LogP contribution is 2.27. The van der Waals surface area contributed by atoms with E-state index in [1.54, 1.807) is 0 Å². The van der Waals surface area contributed by atoms with Crippen LogP contribution in [0, 0.1) is 10.7 Å². The zero-order chi connectivity index (χ0) is 14.0. The first kappa shape index (κ1) is 14.6. The van der Waals surface area contributed by atoms with Crippen LogP contribution in [0.4, 0.5) is 0 Å². The number of benzene rings is 1. The number of hydrogen-bond donors (Lipinski definition) is 1. The molecule has 2 aromatic rings. The Kier molecular flexibility index (Phi) is 4.69. The second-order valence-corrected chi connectivity index (χ2v) is 6.40. The van der Waals surface area contributed by atoms with Gasteiger partial charge in [0.1, 0.15) is 0 Å². The molecule has 0 aliphatic heterocycles. The topological polar surface area (TPSA) is 20.7 Å². The highest BCUT2D eigenvalue weighted by molar-refractivity contribution is 7.71. The van der Waals surface area contributed by atoms with Crippen LogP contribution in [-0.2, 0) is 0 Å². The van der Waals surface area contributed by atoms with Gasteiger partial charge in [0.25, 0.3) is 0 Å². The summed E-state index contributed by atoms with van der Waals surface area (Å²) in [6.07, 6.45) is 3.64. The standard InChI is InChI=1S/C15H21ClN2S/c1-10(2)6-4-7-11(3)18-13-9-5-8-12(16)14(13)17-15(18)19/h5,8-11H,4,6-7H2,1-3H3,(H,17,19). The summed E-state index contributed by atoms with van der Waals surface area (Å²) in [5.41, 5.74) is 2.06. The molecular weight excluding hydrogens is 276 g/mol. The Labute approximate surface area is 124 Å². The summed E-state index contributed by atoms with van der Waals surface area (Å²) in [5, 5.41) is 0.733. The van der Waals surface area contributed by atoms with Crippen molar-refractivity contribution in [1.29, 1.82) is 0 Å². The molecule has 0 fully saturated rings. The van der Waals surface area contributed by atoms with Crippen molar-refractivity contribution >= 4 is 34.9 Å². The number of nitrogens with zero attached hydrogens (tertiary/aromatic N) is 1. The molecule has 4 heteroatoms. The molecule has 0 saturated carbocycles. The molecule has 1 atom stereocenters. The van der Waals surface area contributed by atoms with Crippen LogP contribution in [0.2, 0.25) is 5.02 Å². The minimum absolute atomic E-state index is 0.401. The van der Waals surface area contributed by atoms with Crippen molar-refractivity contribution in [2.75, 3.05) is 0 Å². The van der Waals surface area contributed by atoms with Gasteiger partial charge in [-0.05, 0) is 43.6 Å². The third-order valence-electron chi connectivity index (χ3n) is 3.55. The van der Waals surface area contributed by atoms with Crippen LogP contribution in [0.3, 0.4) is 0 Å². The minimum Gasteiger partial charge on any atom is -0.329 e. The fourth-order valence-electron chi connectivity index (χ4n) is 2.50. The molecule has 1 aromatic heterocycles. The summed E-state index contributed by atoms with van der Waals surface area (Å²) in [6.45, 7) is 6.76. The lowest BCUT2D eigenvalue weighted by Gasteiger charge is -2.15. The van der Waals surface area contributed by atoms with Crippen molar-refractivity contribution in [2.45, 2.75) is 46.1 Å². The molecule has 1 unspecified atom stereocenters. The number of H-pyrrole nitrogens is 1. The molecule has 2 nitrogen and oxygen atoms in total. The van der Waals surface area contributed by atoms with Gasteiger partial charge in [-0.1, -0.05) is 44.4 Å². The van der Waals surface area contributed by atoms with Crippen molar-refractivity contribution < 1.29 is 0 Å². The Morgan fingerprint density at radius 3 is 2.68 bits per heavy atom. The number of hydrogen-bond acceptors (Lipinski definition) is 1. The molecule has 0 aliphatic carbocycles. The molecule has 0 saturated heterocycles. The van der Waals surface area contributed by atoms with Crippen molar-refractivity contribution in [2.24, 2.45) is 5.92 Å². The Morgan fingerprint density at radius 1 is 1.26 bits per heavy atom. The maximum atomic E-state index is 6.20. The van der Waals surface area contributed by atoms with E-state index < -0.39 is 0 Å². The number of para-hydroxylation sites is 1. The first-order chi connectivity index (χ1) is 9.00. The van der Waals surface area contributed by atoms with Crippen LogP contribution in [0.15, 0.2) is 18.2 Å². The maximum absolute atomic E-state index is 6.20. The van der Waals surface area contributed by atoms with Gasteiger partial charge in [-0.25, -0.2) is 0 Å². The zero-order valence-corrected chi connectivity index (χ0v) is 13.3. The molecule has 0 radical (unpaired) electrons. The predicted octanol–water partition coefficient (Wildman–Crippen LogP) is 5.74. The van der Waals surface area contributed by atoms with E-state index in [1.165, 1.54) is 12.8 Å². The van der Waals surface area contributed by atoms with Gasteiger partial charge in [0.05, 0.1) is 16.1 Å². The molecule has 19 heavy (non-hydrogen) atoms. The van der Waals surface area contributed by atoms with Crippen LogP contribution < -0.4 is 0 Å². The third kappa shape index (κ3) is 3.21. The lowest BCUT2D eigenvalue weighted by atomic mass is 10.0. The average molecular weight is 297 g/mol. The van der Waals surface area contributed by atoms with Gasteiger partial charge < -0.3 is 9.55 Å². The monoisotopic (exact) mass is 296 g/mol. The van der Waals surface area contributed by atoms with Crippen LogP contribution in [0.5, 0.6) is 0 Å². The molecule has 0 spiro atoms. The van der Waals surface area contributed by atoms with Crippen LogP contribution in [0.1, 0.15) is 46.1 Å². The number of nitrogens with one attached hydrogen (secondary N) is 1. The van der Waals surface area contributed by atoms with Gasteiger partial charge >= 0.3 is 0 Å². The molecule has 1 aromatic carbocycles. The molecule has 1 heterocycles. The van der Waals surface area contributed by atoms with E-state index >= 15 is 0 Å². The highest BCUT2D eigenvalue weighted by Gasteiger charge is 2.12. The van der Waals surface area contributed by atoms with Crippen LogP contribution in [0.25, 0.3) is 11.0 Å². The summed E-state index contributed by atoms with van der Waals surface area (Å²) in [5.74, 6) is 0.762. The van der Waals surface area contributed by atoms with E-state index in [-0.39, 0.29) is 0 Å². The van der Waals surface area contributed by atoms with Gasteiger partial charge in [-0.3, -0.25) is 0 Å². The number of rotatable bonds is 5. The summed E-state index contributed by atoms with van der Waals surface area (Å²) in [6, 6.07) is 6.35. The summed E-state index contributed by atoms with van der Waals surface area (Å²) >= 11 is 11.6. The lowest BCUT2D eigenvalue weighted by Crippen LogP contribution is -2.05. The molecule has 2 rings (SSSR count). The Hall–Kier alpha value is -0.800. The Balaban J connectivity index is 2.27. The Bertz CT molecular complexity index is 612. The van der Waals surface area contributed by atoms with Crippen molar-refractivity contribution in [3.8, 4) is 0 Å². The summed E-state index contributed by atoms with van der Waals surface area (Å²) < 4.78 is 2.96. The normalized spacial score (nSPS) is 13.3. The molecule has 1 N–H and O–H groups in total. The van der Waals surface area contributed by atoms with Gasteiger partial charge in [0, 0.05) is 6.04 Å². The van der Waals surface area contributed by atoms with Crippen molar-refractivity contribution in [3.05, 3.63) is 28.0 Å². The van der Waals surface area contributed by atoms with Gasteiger partial charge in [-0.2, -0.15) is 0 Å². The van der Waals surface area contributed by atoms with Crippen molar-refractivity contribution in [3.63, 3.8) is 0 Å². The Morgan fingerprint density at radius 2 is 2.00 bits per heavy atom. The third-order valence-corrected chi connectivity index (χ3v) is 4.16. The van der Waals surface area contributed by atoms with Gasteiger partial charge in [-0.15, -0.1) is 0 Å². The highest BCUT2D eigenvalue weighted by atomic mass is 35.5. The molecule has 0 bridgehead atoms. The molecular formula is C15H21ClN2S. The van der Waals surface area contributed by atoms with Crippen molar-refractivity contribution in [1.82, 2.24) is 9.55 Å². The largest absolute Gasteiger partial charge is 0.329 e. The fourth-order valence-corrected chi connectivity index (χ4v) is 3.10. The molecule has 0 amide bonds. The van der Waals surface area contributed by atoms with E-state index in [2.05, 4.69) is 36.4 Å². The van der Waals surface area contributed by atoms with Gasteiger partial charge in [0.15, 0.2) is 4.77 Å². The quantitative estimate of drug-likeness (QED) is 0.698. The first-order valence-electron chi connectivity index (χ1n) is 6.89. The lowest BCUT2D eigenvalue weighted by molar-refractivity contribution is 0.451. The van der Waals surface area contributed by atoms with Crippen LogP contribution >= 0.6 is 23.8 Å². The number of aromatic nitrogens is 2. The number of imidazole rings is 1. The van der Waals surface area contributed by atoms with Gasteiger partial charge in [0.2, 0.25) is 0 Å². The molecule has 0 aliphatic rings. The number of aromatic amines is 1. The van der Waals surface area contributed by atoms with E-state index in [4.69, 9.17) is 23.8 Å². The SMILES string of the molecule is CC(C)CCCC(C)n1c(=S)[nH]c2c(Cl)cccc21.